The van der Waals surface area contributed by atoms with Gasteiger partial charge in [-0.1, -0.05) is 57.1 Å². The smallest absolute Gasteiger partial charge is 0.475 e. The molecule has 10 heteroatoms. The highest BCUT2D eigenvalue weighted by Crippen LogP contribution is 2.37. The van der Waals surface area contributed by atoms with Crippen LogP contribution in [0.2, 0.25) is 5.02 Å². The molecule has 1 N–H and O–H groups in total. The number of hydrogen-bond donors (Lipinski definition) is 1. The number of alkyl halides is 3. The Morgan fingerprint density at radius 3 is 2.35 bits per heavy atom. The van der Waals surface area contributed by atoms with E-state index in [1.54, 1.807) is 6.07 Å². The Hall–Kier alpha value is -1.92. The van der Waals surface area contributed by atoms with Gasteiger partial charge in [0.25, 0.3) is 0 Å². The van der Waals surface area contributed by atoms with Gasteiger partial charge in [0.15, 0.2) is 10.9 Å². The van der Waals surface area contributed by atoms with E-state index in [1.165, 1.54) is 6.42 Å². The zero-order chi connectivity index (χ0) is 23.9. The lowest BCUT2D eigenvalue weighted by Gasteiger charge is -2.29. The SMILES string of the molecule is O=C(O)C(F)(F)F.[C-]#[N+]c1cc(C)c(N=C2SC[C@H](CC(C)C)N2CC(C)C)c(Cl)c1. The fraction of sp³-hybridized carbons (Fsp3) is 0.571. The number of amidine groups is 1. The second kappa shape index (κ2) is 11.6. The van der Waals surface area contributed by atoms with E-state index in [-0.39, 0.29) is 0 Å². The van der Waals surface area contributed by atoms with Crippen LogP contribution in [0.3, 0.4) is 0 Å². The third kappa shape index (κ3) is 8.62. The van der Waals surface area contributed by atoms with E-state index in [1.807, 2.05) is 24.8 Å². The molecule has 0 unspecified atom stereocenters. The van der Waals surface area contributed by atoms with Gasteiger partial charge in [0.2, 0.25) is 0 Å². The van der Waals surface area contributed by atoms with Gasteiger partial charge in [-0.25, -0.2) is 14.6 Å². The molecule has 1 aromatic carbocycles. The minimum absolute atomic E-state index is 0.540. The first-order chi connectivity index (χ1) is 14.3. The van der Waals surface area contributed by atoms with Crippen LogP contribution in [0, 0.1) is 25.3 Å². The quantitative estimate of drug-likeness (QED) is 0.466. The molecule has 0 aromatic heterocycles. The molecule has 1 aromatic rings. The number of hydrogen-bond acceptors (Lipinski definition) is 3. The van der Waals surface area contributed by atoms with E-state index in [9.17, 15) is 13.2 Å². The first-order valence-electron chi connectivity index (χ1n) is 9.72. The van der Waals surface area contributed by atoms with Crippen molar-refractivity contribution in [3.63, 3.8) is 0 Å². The van der Waals surface area contributed by atoms with Crippen LogP contribution >= 0.6 is 23.4 Å². The van der Waals surface area contributed by atoms with E-state index in [4.69, 9.17) is 33.1 Å². The lowest BCUT2D eigenvalue weighted by atomic mass is 10.0. The lowest BCUT2D eigenvalue weighted by molar-refractivity contribution is -0.192. The predicted octanol–water partition coefficient (Wildman–Crippen LogP) is 6.94. The van der Waals surface area contributed by atoms with Crippen LogP contribution in [0.5, 0.6) is 0 Å². The molecule has 1 atom stereocenters. The highest BCUT2D eigenvalue weighted by Gasteiger charge is 2.38. The van der Waals surface area contributed by atoms with Gasteiger partial charge in [-0.15, -0.1) is 0 Å². The van der Waals surface area contributed by atoms with Gasteiger partial charge in [-0.2, -0.15) is 13.2 Å². The van der Waals surface area contributed by atoms with E-state index < -0.39 is 12.1 Å². The highest BCUT2D eigenvalue weighted by atomic mass is 35.5. The molecule has 0 amide bonds. The van der Waals surface area contributed by atoms with Crippen molar-refractivity contribution in [2.45, 2.75) is 53.3 Å². The maximum absolute atomic E-state index is 10.6. The summed E-state index contributed by atoms with van der Waals surface area (Å²) < 4.78 is 31.7. The molecule has 1 aliphatic rings. The molecule has 0 radical (unpaired) electrons. The molecular weight excluding hydrogens is 451 g/mol. The van der Waals surface area contributed by atoms with Crippen LogP contribution in [0.4, 0.5) is 24.5 Å². The topological polar surface area (TPSA) is 57.3 Å². The number of carbonyl (C=O) groups is 1. The minimum atomic E-state index is -5.08. The van der Waals surface area contributed by atoms with Crippen LogP contribution < -0.4 is 0 Å². The largest absolute Gasteiger partial charge is 0.490 e. The van der Waals surface area contributed by atoms with Crippen LogP contribution in [0.25, 0.3) is 4.85 Å². The number of carboxylic acid groups (broad SMARTS) is 1. The number of carboxylic acids is 1. The summed E-state index contributed by atoms with van der Waals surface area (Å²) in [5.74, 6) is -0.411. The van der Waals surface area contributed by atoms with Crippen molar-refractivity contribution in [1.82, 2.24) is 4.90 Å². The number of aliphatic carboxylic acids is 1. The van der Waals surface area contributed by atoms with Gasteiger partial charge in [-0.05, 0) is 36.8 Å². The number of nitrogens with zero attached hydrogens (tertiary/aromatic N) is 3. The van der Waals surface area contributed by atoms with Crippen molar-refractivity contribution < 1.29 is 23.1 Å². The second-order valence-electron chi connectivity index (χ2n) is 8.04. The summed E-state index contributed by atoms with van der Waals surface area (Å²) in [5, 5.41) is 8.75. The van der Waals surface area contributed by atoms with Gasteiger partial charge < -0.3 is 10.0 Å². The Balaban J connectivity index is 0.000000592. The average molecular weight is 478 g/mol. The minimum Gasteiger partial charge on any atom is -0.475 e. The van der Waals surface area contributed by atoms with Crippen molar-refractivity contribution in [2.75, 3.05) is 12.3 Å². The van der Waals surface area contributed by atoms with Crippen LogP contribution in [-0.2, 0) is 4.79 Å². The molecule has 1 aliphatic heterocycles. The fourth-order valence-electron chi connectivity index (χ4n) is 2.98. The number of thioether (sulfide) groups is 1. The summed E-state index contributed by atoms with van der Waals surface area (Å²) in [4.78, 5) is 19.7. The Bertz CT molecular complexity index is 828. The zero-order valence-electron chi connectivity index (χ0n) is 18.1. The zero-order valence-corrected chi connectivity index (χ0v) is 19.7. The van der Waals surface area contributed by atoms with Gasteiger partial charge in [-0.3, -0.25) is 0 Å². The third-order valence-electron chi connectivity index (χ3n) is 4.21. The standard InChI is InChI=1S/C19H26ClN3S.C2HF3O2/c1-12(2)7-16-11-24-19(23(16)10-13(3)4)22-18-14(5)8-15(21-6)9-17(18)20;3-2(4,5)1(6)7/h8-9,12-13,16H,7,10-11H2,1-5H3;(H,6,7)/t16-;/m0./s1. The summed E-state index contributed by atoms with van der Waals surface area (Å²) in [7, 11) is 0. The van der Waals surface area contributed by atoms with E-state index >= 15 is 0 Å². The molecule has 1 fully saturated rings. The van der Waals surface area contributed by atoms with Crippen molar-refractivity contribution in [2.24, 2.45) is 16.8 Å². The number of benzene rings is 1. The summed E-state index contributed by atoms with van der Waals surface area (Å²) in [6.07, 6.45) is -3.90. The average Bonchev–Trinajstić information content (AvgIpc) is 2.97. The Morgan fingerprint density at radius 1 is 1.35 bits per heavy atom. The monoisotopic (exact) mass is 477 g/mol. The van der Waals surface area contributed by atoms with E-state index in [0.29, 0.717) is 28.6 Å². The van der Waals surface area contributed by atoms with Gasteiger partial charge >= 0.3 is 12.1 Å². The van der Waals surface area contributed by atoms with Crippen LogP contribution in [-0.4, -0.2) is 45.7 Å². The number of halogens is 4. The van der Waals surface area contributed by atoms with E-state index in [2.05, 4.69) is 37.4 Å². The molecule has 2 rings (SSSR count). The Kier molecular flexibility index (Phi) is 10.2. The molecule has 172 valence electrons. The molecule has 0 spiro atoms. The lowest BCUT2D eigenvalue weighted by Crippen LogP contribution is -2.37. The molecule has 0 bridgehead atoms. The normalized spacial score (nSPS) is 17.7. The molecule has 0 aliphatic carbocycles. The molecule has 5 nitrogen and oxygen atoms in total. The van der Waals surface area contributed by atoms with Crippen LogP contribution in [0.1, 0.15) is 39.7 Å². The first kappa shape index (κ1) is 27.1. The maximum Gasteiger partial charge on any atom is 0.490 e. The maximum atomic E-state index is 10.6. The molecule has 1 heterocycles. The third-order valence-corrected chi connectivity index (χ3v) is 5.64. The predicted molar refractivity (Wildman–Crippen MR) is 120 cm³/mol. The number of rotatable bonds is 5. The highest BCUT2D eigenvalue weighted by molar-refractivity contribution is 8.14. The summed E-state index contributed by atoms with van der Waals surface area (Å²) >= 11 is 8.21. The fourth-order valence-corrected chi connectivity index (χ4v) is 4.48. The molecule has 0 saturated carbocycles. The van der Waals surface area contributed by atoms with Crippen LogP contribution in [0.15, 0.2) is 17.1 Å². The summed E-state index contributed by atoms with van der Waals surface area (Å²) in [6.45, 7) is 19.2. The second-order valence-corrected chi connectivity index (χ2v) is 9.44. The van der Waals surface area contributed by atoms with Crippen molar-refractivity contribution in [3.05, 3.63) is 34.1 Å². The van der Waals surface area contributed by atoms with Gasteiger partial charge in [0, 0.05) is 18.3 Å². The van der Waals surface area contributed by atoms with Crippen molar-refractivity contribution in [3.8, 4) is 0 Å². The molecular formula is C21H27ClF3N3O2S. The Labute approximate surface area is 190 Å². The van der Waals surface area contributed by atoms with Crippen molar-refractivity contribution in [1.29, 1.82) is 0 Å². The number of aliphatic imine (C=N–C) groups is 1. The molecule has 1 saturated heterocycles. The Morgan fingerprint density at radius 2 is 1.94 bits per heavy atom. The molecule has 31 heavy (non-hydrogen) atoms. The van der Waals surface area contributed by atoms with Gasteiger partial charge in [0.05, 0.1) is 17.3 Å². The summed E-state index contributed by atoms with van der Waals surface area (Å²) in [5.41, 5.74) is 2.32. The van der Waals surface area contributed by atoms with E-state index in [0.717, 1.165) is 28.7 Å². The summed E-state index contributed by atoms with van der Waals surface area (Å²) in [6, 6.07) is 4.10. The van der Waals surface area contributed by atoms with Crippen molar-refractivity contribution >= 4 is 45.9 Å². The first-order valence-corrected chi connectivity index (χ1v) is 11.1. The van der Waals surface area contributed by atoms with Gasteiger partial charge in [0.1, 0.15) is 0 Å². The number of aryl methyl sites for hydroxylation is 1.